The predicted molar refractivity (Wildman–Crippen MR) is 408 cm³/mol. The Morgan fingerprint density at radius 1 is 0.448 bits per heavy atom. The van der Waals surface area contributed by atoms with Crippen molar-refractivity contribution in [3.8, 4) is 11.1 Å². The lowest BCUT2D eigenvalue weighted by atomic mass is 9.70. The highest BCUT2D eigenvalue weighted by Gasteiger charge is 2.68. The van der Waals surface area contributed by atoms with Crippen LogP contribution >= 0.6 is 14.1 Å². The zero-order valence-electron chi connectivity index (χ0n) is 58.3. The molecule has 4 saturated carbocycles. The van der Waals surface area contributed by atoms with Crippen LogP contribution in [-0.4, -0.2) is 57.2 Å². The largest absolute Gasteiger partial charge is 0.453 e. The number of hydrogen-bond acceptors (Lipinski definition) is 8. The van der Waals surface area contributed by atoms with E-state index in [4.69, 9.17) is 26.0 Å². The summed E-state index contributed by atoms with van der Waals surface area (Å²) in [5.74, 6) is 0.0985. The predicted octanol–water partition coefficient (Wildman–Crippen LogP) is 19.2. The van der Waals surface area contributed by atoms with Crippen molar-refractivity contribution in [3.05, 3.63) is 194 Å². The highest BCUT2D eigenvalue weighted by Crippen LogP contribution is 2.70. The van der Waals surface area contributed by atoms with E-state index in [2.05, 4.69) is 132 Å². The second-order valence-electron chi connectivity index (χ2n) is 32.5. The quantitative estimate of drug-likeness (QED) is 0.0649. The zero-order valence-corrected chi connectivity index (χ0v) is 63.7. The third-order valence-electron chi connectivity index (χ3n) is 25.1. The fourth-order valence-electron chi connectivity index (χ4n) is 17.4. The molecule has 0 N–H and O–H groups in total. The van der Waals surface area contributed by atoms with Crippen LogP contribution in [0.2, 0.25) is 36.3 Å². The number of hydrogen-bond donors (Lipinski definition) is 0. The van der Waals surface area contributed by atoms with Gasteiger partial charge < -0.3 is 17.7 Å². The number of fused-ring (bicyclic) bond motifs is 10. The van der Waals surface area contributed by atoms with E-state index in [1.807, 2.05) is 158 Å². The van der Waals surface area contributed by atoms with Crippen LogP contribution in [-0.2, 0) is 28.9 Å². The first-order valence-electron chi connectivity index (χ1n) is 34.4. The van der Waals surface area contributed by atoms with Crippen molar-refractivity contribution >= 4 is 126 Å². The molecule has 502 valence electrons. The fourth-order valence-corrected chi connectivity index (χ4v) is 33.9. The van der Waals surface area contributed by atoms with Crippen molar-refractivity contribution in [1.82, 2.24) is 0 Å². The average Bonchev–Trinajstić information content (AvgIpc) is 1.60. The van der Waals surface area contributed by atoms with Gasteiger partial charge in [-0.25, -0.2) is 16.8 Å². The molecule has 8 aromatic carbocycles. The number of rotatable bonds is 17. The highest BCUT2D eigenvalue weighted by atomic mass is 32.2. The van der Waals surface area contributed by atoms with Gasteiger partial charge in [-0.3, -0.25) is 0 Å². The van der Waals surface area contributed by atoms with Crippen LogP contribution in [0.25, 0.3) is 54.6 Å². The van der Waals surface area contributed by atoms with Gasteiger partial charge in [-0.15, -0.1) is 0 Å². The lowest BCUT2D eigenvalue weighted by molar-refractivity contribution is 0.0236. The topological polar surface area (TPSA) is 138 Å². The molecule has 0 amide bonds. The summed E-state index contributed by atoms with van der Waals surface area (Å²) in [7, 11) is -22.0. The summed E-state index contributed by atoms with van der Waals surface area (Å²) in [6, 6.07) is 64.3. The van der Waals surface area contributed by atoms with Crippen LogP contribution in [0.5, 0.6) is 0 Å². The standard InChI is InChI=1S/C80H94N2O8P2S2Si2/c1-75(2,3)95(11,12)89-67-51-57-47-49-79(67,77(57,7)8)53-93(83,84)81-91(59-33-19-15-20-34-59,60-35-21-16-22-36-60)73-71(69-63-41-29-27-31-55(63)43-45-65(69)87-73)72-70-64-42-30-28-32-56(64)44-46-66(70)88-74(72)92(61-37-23-17-24-38-61,62-39-25-18-26-40-62)82-94(85,86)54-80-50-48-58(78(80,9)10)52-68(80)90-96(13,14)76(4,5)6/h15-46,57-58,67-68H,47-54H2,1-14H3. The highest BCUT2D eigenvalue weighted by molar-refractivity contribution is 8.00. The van der Waals surface area contributed by atoms with Crippen LogP contribution in [0.4, 0.5) is 0 Å². The second-order valence-corrected chi connectivity index (χ2v) is 51.7. The molecule has 96 heavy (non-hydrogen) atoms. The van der Waals surface area contributed by atoms with Gasteiger partial charge in [0.05, 0.1) is 23.7 Å². The normalized spacial score (nSPS) is 23.0. The van der Waals surface area contributed by atoms with Gasteiger partial charge >= 0.3 is 0 Å². The van der Waals surface area contributed by atoms with E-state index in [-0.39, 0.29) is 45.6 Å². The Morgan fingerprint density at radius 2 is 0.750 bits per heavy atom. The van der Waals surface area contributed by atoms with Gasteiger partial charge in [0, 0.05) is 53.9 Å². The van der Waals surface area contributed by atoms with Crippen molar-refractivity contribution in [2.24, 2.45) is 41.8 Å². The summed E-state index contributed by atoms with van der Waals surface area (Å²) in [5.41, 5.74) is 0.575. The third-order valence-corrected chi connectivity index (χ3v) is 45.7. The Labute approximate surface area is 571 Å². The summed E-state index contributed by atoms with van der Waals surface area (Å²) >= 11 is 0. The molecule has 0 radical (unpaired) electrons. The maximum absolute atomic E-state index is 16.9. The molecule has 4 aliphatic rings. The molecule has 6 atom stereocenters. The SMILES string of the molecule is CC1(C)C2CCC1(CS(=O)(=O)N=P(c1ccccc1)(c1ccccc1)c1oc3ccc4ccccc4c3c1-c1c(P(=NS(=O)(=O)CC34CCC(CC3O[Si](C)(C)C(C)(C)C)C4(C)C)(c3ccccc3)c3ccccc3)oc3ccc4ccccc4c13)C(O[Si](C)(C)C(C)(C)C)C2. The van der Waals surface area contributed by atoms with Crippen molar-refractivity contribution in [2.75, 3.05) is 11.5 Å². The minimum atomic E-state index is -4.52. The van der Waals surface area contributed by atoms with E-state index in [1.165, 1.54) is 0 Å². The molecule has 10 nitrogen and oxygen atoms in total. The molecule has 10 aromatic rings. The summed E-state index contributed by atoms with van der Waals surface area (Å²) in [5, 5.41) is 7.49. The second kappa shape index (κ2) is 23.3. The Kier molecular flexibility index (Phi) is 16.4. The first-order valence-corrected chi connectivity index (χ1v) is 47.0. The Bertz CT molecular complexity index is 4630. The molecule has 4 bridgehead atoms. The molecular formula is C80H94N2O8P2S2Si2. The summed E-state index contributed by atoms with van der Waals surface area (Å²) < 4.78 is 110. The van der Waals surface area contributed by atoms with Crippen LogP contribution in [0.15, 0.2) is 211 Å². The Balaban J connectivity index is 1.14. The molecule has 4 fully saturated rings. The molecule has 0 saturated heterocycles. The Morgan fingerprint density at radius 3 is 1.05 bits per heavy atom. The van der Waals surface area contributed by atoms with E-state index in [1.54, 1.807) is 0 Å². The molecule has 2 heterocycles. The number of benzene rings is 8. The van der Waals surface area contributed by atoms with Gasteiger partial charge in [0.15, 0.2) is 27.6 Å². The summed E-state index contributed by atoms with van der Waals surface area (Å²) in [4.78, 5) is 0. The van der Waals surface area contributed by atoms with Crippen molar-refractivity contribution in [2.45, 2.75) is 156 Å². The molecular weight excluding hydrogens is 1300 g/mol. The van der Waals surface area contributed by atoms with Crippen LogP contribution in [0.1, 0.15) is 108 Å². The van der Waals surface area contributed by atoms with E-state index in [0.29, 0.717) is 67.4 Å². The van der Waals surface area contributed by atoms with Crippen molar-refractivity contribution in [3.63, 3.8) is 0 Å². The minimum absolute atomic E-state index is 0.110. The van der Waals surface area contributed by atoms with E-state index in [0.717, 1.165) is 58.0 Å². The summed E-state index contributed by atoms with van der Waals surface area (Å²) in [6.07, 6.45) is 4.19. The smallest absolute Gasteiger partial charge is 0.253 e. The first kappa shape index (κ1) is 67.3. The van der Waals surface area contributed by atoms with Gasteiger partial charge in [0.2, 0.25) is 0 Å². The first-order chi connectivity index (χ1) is 45.2. The average molecular weight is 1390 g/mol. The molecule has 4 aliphatic carbocycles. The molecule has 16 heteroatoms. The fraction of sp³-hybridized carbons (Fsp3) is 0.400. The number of furan rings is 2. The van der Waals surface area contributed by atoms with Gasteiger partial charge in [0.25, 0.3) is 20.0 Å². The van der Waals surface area contributed by atoms with Crippen molar-refractivity contribution < 1.29 is 34.5 Å². The van der Waals surface area contributed by atoms with E-state index >= 15 is 16.8 Å². The van der Waals surface area contributed by atoms with Gasteiger partial charge in [0.1, 0.15) is 25.3 Å². The molecule has 14 rings (SSSR count). The minimum Gasteiger partial charge on any atom is -0.453 e. The van der Waals surface area contributed by atoms with E-state index in [9.17, 15) is 0 Å². The molecule has 2 aromatic heterocycles. The molecule has 6 unspecified atom stereocenters. The van der Waals surface area contributed by atoms with Crippen molar-refractivity contribution in [1.29, 1.82) is 0 Å². The molecule has 0 spiro atoms. The van der Waals surface area contributed by atoms with Gasteiger partial charge in [-0.1, -0.05) is 251 Å². The zero-order chi connectivity index (χ0) is 68.1. The Hall–Kier alpha value is -5.93. The number of sulfonamides is 2. The van der Waals surface area contributed by atoms with E-state index < -0.39 is 72.5 Å². The maximum Gasteiger partial charge on any atom is 0.253 e. The van der Waals surface area contributed by atoms with Gasteiger partial charge in [-0.2, -0.15) is 8.30 Å². The monoisotopic (exact) mass is 1390 g/mol. The molecule has 0 aliphatic heterocycles. The van der Waals surface area contributed by atoms with Crippen LogP contribution in [0.3, 0.4) is 0 Å². The summed E-state index contributed by atoms with van der Waals surface area (Å²) in [6.45, 7) is 31.7. The van der Waals surface area contributed by atoms with Crippen LogP contribution < -0.4 is 32.2 Å². The number of nitrogens with zero attached hydrogens (tertiary/aromatic N) is 2. The third kappa shape index (κ3) is 10.5. The maximum atomic E-state index is 16.9. The van der Waals surface area contributed by atoms with Gasteiger partial charge in [-0.05, 0) is 131 Å². The van der Waals surface area contributed by atoms with Crippen LogP contribution in [0, 0.1) is 33.5 Å². The lowest BCUT2D eigenvalue weighted by Gasteiger charge is -2.47. The lowest BCUT2D eigenvalue weighted by Crippen LogP contribution is -2.52.